The predicted molar refractivity (Wildman–Crippen MR) is 111 cm³/mol. The van der Waals surface area contributed by atoms with Gasteiger partial charge in [-0.25, -0.2) is 4.98 Å². The van der Waals surface area contributed by atoms with Gasteiger partial charge in [0.25, 0.3) is 0 Å². The van der Waals surface area contributed by atoms with E-state index in [1.54, 1.807) is 0 Å². The third-order valence-electron chi connectivity index (χ3n) is 5.42. The molecule has 29 heavy (non-hydrogen) atoms. The average Bonchev–Trinajstić information content (AvgIpc) is 3.40. The Morgan fingerprint density at radius 1 is 1.21 bits per heavy atom. The summed E-state index contributed by atoms with van der Waals surface area (Å²) in [5, 5.41) is 0. The highest BCUT2D eigenvalue weighted by atomic mass is 79.9. The molecule has 0 aliphatic heterocycles. The Bertz CT molecular complexity index is 1050. The predicted octanol–water partition coefficient (Wildman–Crippen LogP) is 7.03. The van der Waals surface area contributed by atoms with Gasteiger partial charge in [-0.05, 0) is 52.2 Å². The molecule has 3 nitrogen and oxygen atoms in total. The van der Waals surface area contributed by atoms with Crippen molar-refractivity contribution in [1.82, 2.24) is 9.55 Å². The molecule has 7 heteroatoms. The number of alkyl halides is 3. The molecule has 154 valence electrons. The second kappa shape index (κ2) is 7.35. The normalized spacial score (nSPS) is 14.8. The minimum Gasteiger partial charge on any atom is -0.494 e. The summed E-state index contributed by atoms with van der Waals surface area (Å²) in [7, 11) is 1.40. The summed E-state index contributed by atoms with van der Waals surface area (Å²) in [6.07, 6.45) is -2.26. The van der Waals surface area contributed by atoms with Gasteiger partial charge in [0.2, 0.25) is 0 Å². The van der Waals surface area contributed by atoms with Gasteiger partial charge in [-0.15, -0.1) is 0 Å². The monoisotopic (exact) mass is 466 g/mol. The molecule has 0 amide bonds. The Kier molecular flexibility index (Phi) is 5.13. The van der Waals surface area contributed by atoms with E-state index in [0.29, 0.717) is 29.7 Å². The van der Waals surface area contributed by atoms with Crippen molar-refractivity contribution in [1.29, 1.82) is 0 Å². The Hall–Kier alpha value is -2.02. The number of ether oxygens (including phenoxy) is 1. The minimum absolute atomic E-state index is 0.0459. The fourth-order valence-corrected chi connectivity index (χ4v) is 4.20. The molecule has 1 aliphatic rings. The van der Waals surface area contributed by atoms with Crippen LogP contribution >= 0.6 is 15.9 Å². The number of imidazole rings is 1. The molecule has 1 fully saturated rings. The molecule has 1 aliphatic carbocycles. The fraction of sp³-hybridized carbons (Fsp3) is 0.409. The second-order valence-corrected chi connectivity index (χ2v) is 8.69. The number of benzene rings is 2. The van der Waals surface area contributed by atoms with Crippen LogP contribution in [0.5, 0.6) is 5.75 Å². The zero-order valence-electron chi connectivity index (χ0n) is 16.5. The van der Waals surface area contributed by atoms with E-state index in [1.807, 2.05) is 28.8 Å². The molecule has 1 aromatic heterocycles. The van der Waals surface area contributed by atoms with Gasteiger partial charge in [0.05, 0.1) is 17.1 Å². The molecule has 0 saturated heterocycles. The van der Waals surface area contributed by atoms with Crippen molar-refractivity contribution in [3.8, 4) is 17.1 Å². The largest absolute Gasteiger partial charge is 0.494 e. The topological polar surface area (TPSA) is 27.1 Å². The molecule has 2 aromatic carbocycles. The van der Waals surface area contributed by atoms with Crippen molar-refractivity contribution in [2.24, 2.45) is 5.92 Å². The summed E-state index contributed by atoms with van der Waals surface area (Å²) in [5.41, 5.74) is 2.19. The Morgan fingerprint density at radius 3 is 2.38 bits per heavy atom. The van der Waals surface area contributed by atoms with Crippen LogP contribution in [-0.2, 0) is 12.7 Å². The van der Waals surface area contributed by atoms with Gasteiger partial charge < -0.3 is 9.30 Å². The maximum Gasteiger partial charge on any atom is 0.417 e. The first kappa shape index (κ1) is 20.3. The van der Waals surface area contributed by atoms with Gasteiger partial charge in [-0.1, -0.05) is 38.1 Å². The summed E-state index contributed by atoms with van der Waals surface area (Å²) in [6.45, 7) is 4.96. The molecular weight excluding hydrogens is 445 g/mol. The lowest BCUT2D eigenvalue weighted by Gasteiger charge is -2.14. The summed E-state index contributed by atoms with van der Waals surface area (Å²) >= 11 is 3.16. The molecule has 1 saturated carbocycles. The van der Waals surface area contributed by atoms with Crippen molar-refractivity contribution in [2.45, 2.75) is 45.3 Å². The molecule has 0 bridgehead atoms. The van der Waals surface area contributed by atoms with E-state index in [0.717, 1.165) is 24.5 Å². The maximum absolute atomic E-state index is 13.5. The summed E-state index contributed by atoms with van der Waals surface area (Å²) in [6, 6.07) is 9.14. The zero-order valence-corrected chi connectivity index (χ0v) is 18.1. The molecule has 1 heterocycles. The van der Waals surface area contributed by atoms with Crippen LogP contribution in [0.15, 0.2) is 34.8 Å². The van der Waals surface area contributed by atoms with E-state index in [4.69, 9.17) is 4.74 Å². The molecule has 0 N–H and O–H groups in total. The number of hydrogen-bond acceptors (Lipinski definition) is 2. The smallest absolute Gasteiger partial charge is 0.417 e. The van der Waals surface area contributed by atoms with E-state index in [9.17, 15) is 13.2 Å². The molecule has 4 rings (SSSR count). The number of rotatable bonds is 5. The summed E-state index contributed by atoms with van der Waals surface area (Å²) in [5.74, 6) is 1.78. The van der Waals surface area contributed by atoms with Crippen molar-refractivity contribution in [3.05, 3.63) is 45.9 Å². The lowest BCUT2D eigenvalue weighted by molar-refractivity contribution is -0.138. The standard InChI is InChI=1S/C22H22BrF3N2O/c1-12(2)14-6-8-15(9-7-14)21-27-19-18(23)16(22(24,25)26)10-17(29-3)20(19)28(21)11-13-4-5-13/h6-10,12-13H,4-5,11H2,1-3H3. The summed E-state index contributed by atoms with van der Waals surface area (Å²) in [4.78, 5) is 4.66. The van der Waals surface area contributed by atoms with Crippen LogP contribution in [0.4, 0.5) is 13.2 Å². The first-order chi connectivity index (χ1) is 13.7. The van der Waals surface area contributed by atoms with Crippen LogP contribution in [0.1, 0.15) is 43.7 Å². The third kappa shape index (κ3) is 3.77. The number of methoxy groups -OCH3 is 1. The van der Waals surface area contributed by atoms with Crippen LogP contribution in [-0.4, -0.2) is 16.7 Å². The van der Waals surface area contributed by atoms with Crippen LogP contribution in [0, 0.1) is 5.92 Å². The van der Waals surface area contributed by atoms with Gasteiger partial charge in [-0.2, -0.15) is 13.2 Å². The maximum atomic E-state index is 13.5. The van der Waals surface area contributed by atoms with E-state index < -0.39 is 11.7 Å². The average molecular weight is 467 g/mol. The van der Waals surface area contributed by atoms with Crippen molar-refractivity contribution >= 4 is 27.0 Å². The van der Waals surface area contributed by atoms with Gasteiger partial charge >= 0.3 is 6.18 Å². The van der Waals surface area contributed by atoms with E-state index in [1.165, 1.54) is 12.7 Å². The van der Waals surface area contributed by atoms with Crippen LogP contribution in [0.3, 0.4) is 0 Å². The number of hydrogen-bond donors (Lipinski definition) is 0. The molecule has 0 spiro atoms. The highest BCUT2D eigenvalue weighted by Gasteiger charge is 2.37. The quantitative estimate of drug-likeness (QED) is 0.403. The van der Waals surface area contributed by atoms with Crippen LogP contribution in [0.25, 0.3) is 22.4 Å². The van der Waals surface area contributed by atoms with E-state index in [2.05, 4.69) is 34.8 Å². The van der Waals surface area contributed by atoms with Gasteiger partial charge in [0.1, 0.15) is 22.6 Å². The number of halogens is 4. The number of aromatic nitrogens is 2. The number of fused-ring (bicyclic) bond motifs is 1. The Morgan fingerprint density at radius 2 is 1.86 bits per heavy atom. The first-order valence-corrected chi connectivity index (χ1v) is 10.4. The van der Waals surface area contributed by atoms with Gasteiger partial charge in [-0.3, -0.25) is 0 Å². The molecule has 0 unspecified atom stereocenters. The second-order valence-electron chi connectivity index (χ2n) is 7.90. The van der Waals surface area contributed by atoms with Crippen molar-refractivity contribution < 1.29 is 17.9 Å². The minimum atomic E-state index is -4.50. The van der Waals surface area contributed by atoms with Crippen LogP contribution in [0.2, 0.25) is 0 Å². The Balaban J connectivity index is 1.97. The van der Waals surface area contributed by atoms with Crippen molar-refractivity contribution in [3.63, 3.8) is 0 Å². The zero-order chi connectivity index (χ0) is 20.9. The van der Waals surface area contributed by atoms with E-state index >= 15 is 0 Å². The van der Waals surface area contributed by atoms with Crippen LogP contribution < -0.4 is 4.74 Å². The molecular formula is C22H22BrF3N2O. The van der Waals surface area contributed by atoms with Gasteiger partial charge in [0, 0.05) is 12.1 Å². The highest BCUT2D eigenvalue weighted by Crippen LogP contribution is 2.45. The lowest BCUT2D eigenvalue weighted by Crippen LogP contribution is -2.08. The SMILES string of the molecule is COc1cc(C(F)(F)F)c(Br)c2nc(-c3ccc(C(C)C)cc3)n(CC3CC3)c12. The number of nitrogens with zero attached hydrogens (tertiary/aromatic N) is 2. The Labute approximate surface area is 176 Å². The lowest BCUT2D eigenvalue weighted by atomic mass is 10.0. The highest BCUT2D eigenvalue weighted by molar-refractivity contribution is 9.10. The summed E-state index contributed by atoms with van der Waals surface area (Å²) < 4.78 is 48.0. The molecule has 0 atom stereocenters. The first-order valence-electron chi connectivity index (χ1n) is 9.65. The molecule has 3 aromatic rings. The third-order valence-corrected chi connectivity index (χ3v) is 6.22. The van der Waals surface area contributed by atoms with Crippen molar-refractivity contribution in [2.75, 3.05) is 7.11 Å². The fourth-order valence-electron chi connectivity index (χ4n) is 3.58. The van der Waals surface area contributed by atoms with E-state index in [-0.39, 0.29) is 15.7 Å². The van der Waals surface area contributed by atoms with Gasteiger partial charge in [0.15, 0.2) is 0 Å². The molecule has 0 radical (unpaired) electrons.